The van der Waals surface area contributed by atoms with E-state index in [1.807, 2.05) is 0 Å². The molecule has 190 valence electrons. The van der Waals surface area contributed by atoms with Crippen molar-refractivity contribution in [3.8, 4) is 17.1 Å². The van der Waals surface area contributed by atoms with Crippen molar-refractivity contribution in [3.05, 3.63) is 45.9 Å². The van der Waals surface area contributed by atoms with Crippen LogP contribution in [0.5, 0.6) is 5.75 Å². The quantitative estimate of drug-likeness (QED) is 0.247. The van der Waals surface area contributed by atoms with Crippen molar-refractivity contribution >= 4 is 55.9 Å². The van der Waals surface area contributed by atoms with E-state index < -0.39 is 18.2 Å². The van der Waals surface area contributed by atoms with Gasteiger partial charge in [0.15, 0.2) is 11.5 Å². The summed E-state index contributed by atoms with van der Waals surface area (Å²) in [5.41, 5.74) is 0.793. The zero-order chi connectivity index (χ0) is 26.7. The van der Waals surface area contributed by atoms with Crippen LogP contribution in [0, 0.1) is 0 Å². The Bertz CT molecular complexity index is 1450. The van der Waals surface area contributed by atoms with Gasteiger partial charge in [0, 0.05) is 22.8 Å². The van der Waals surface area contributed by atoms with Gasteiger partial charge in [-0.1, -0.05) is 31.0 Å². The number of amides is 1. The van der Waals surface area contributed by atoms with E-state index in [2.05, 4.69) is 46.4 Å². The normalized spacial score (nSPS) is 13.0. The number of halogens is 5. The predicted octanol–water partition coefficient (Wildman–Crippen LogP) is 5.98. The summed E-state index contributed by atoms with van der Waals surface area (Å²) in [6.45, 7) is 2.36. The molecule has 2 aromatic carbocycles. The van der Waals surface area contributed by atoms with E-state index in [0.29, 0.717) is 40.4 Å². The van der Waals surface area contributed by atoms with Crippen LogP contribution in [0.15, 0.2) is 40.9 Å². The molecule has 13 heteroatoms. The van der Waals surface area contributed by atoms with Crippen molar-refractivity contribution in [2.24, 2.45) is 0 Å². The van der Waals surface area contributed by atoms with E-state index >= 15 is 0 Å². The summed E-state index contributed by atoms with van der Waals surface area (Å²) in [5, 5.41) is 10.9. The van der Waals surface area contributed by atoms with Crippen LogP contribution in [0.25, 0.3) is 27.9 Å². The van der Waals surface area contributed by atoms with Crippen molar-refractivity contribution in [3.63, 3.8) is 0 Å². The van der Waals surface area contributed by atoms with Crippen LogP contribution in [0.4, 0.5) is 19.1 Å². The predicted molar refractivity (Wildman–Crippen MR) is 134 cm³/mol. The SMILES string of the molecule is [2H]CCCCNC(=O)[C@H](C)Nc1nc2c(Br)cccc2c2nc(-c3ccc(Cl)cc3OC(F)(F)F)nn12. The second-order valence-electron chi connectivity index (χ2n) is 7.79. The summed E-state index contributed by atoms with van der Waals surface area (Å²) >= 11 is 9.37. The highest BCUT2D eigenvalue weighted by molar-refractivity contribution is 9.10. The molecule has 0 spiro atoms. The zero-order valence-corrected chi connectivity index (χ0v) is 21.2. The first-order chi connectivity index (χ1) is 17.6. The molecule has 8 nitrogen and oxygen atoms in total. The molecule has 0 aliphatic heterocycles. The number of fused-ring (bicyclic) bond motifs is 3. The first-order valence-electron chi connectivity index (χ1n) is 11.5. The van der Waals surface area contributed by atoms with Gasteiger partial charge in [0.1, 0.15) is 11.8 Å². The molecule has 1 atom stereocenters. The van der Waals surface area contributed by atoms with Gasteiger partial charge in [-0.25, -0.2) is 9.97 Å². The van der Waals surface area contributed by atoms with Gasteiger partial charge in [-0.3, -0.25) is 4.79 Å². The fraction of sp³-hybridized carbons (Fsp3) is 0.304. The summed E-state index contributed by atoms with van der Waals surface area (Å²) in [7, 11) is 0. The standard InChI is InChI=1S/C23H21BrClF3N6O2/c1-3-4-10-29-21(35)12(2)30-22-31-18-15(6-5-7-16(18)24)20-32-19(33-34(20)22)14-9-8-13(25)11-17(14)36-23(26,27)28/h5-9,11-12H,3-4,10H2,1-2H3,(H,29,35)(H,30,31)/t12-/m0/s1/i1D. The lowest BCUT2D eigenvalue weighted by atomic mass is 10.2. The molecular formula is C23H21BrClF3N6O2. The maximum absolute atomic E-state index is 13.1. The lowest BCUT2D eigenvalue weighted by Crippen LogP contribution is -2.38. The Morgan fingerprint density at radius 3 is 2.86 bits per heavy atom. The third kappa shape index (κ3) is 5.65. The molecule has 1 amide bonds. The molecular weight excluding hydrogens is 565 g/mol. The molecule has 0 radical (unpaired) electrons. The topological polar surface area (TPSA) is 93.4 Å². The average Bonchev–Trinajstić information content (AvgIpc) is 3.27. The van der Waals surface area contributed by atoms with Crippen LogP contribution in [0.3, 0.4) is 0 Å². The van der Waals surface area contributed by atoms with Crippen LogP contribution in [0.1, 0.15) is 28.0 Å². The Morgan fingerprint density at radius 1 is 1.31 bits per heavy atom. The number of unbranched alkanes of at least 4 members (excludes halogenated alkanes) is 1. The number of hydrogen-bond acceptors (Lipinski definition) is 6. The first kappa shape index (κ1) is 24.6. The van der Waals surface area contributed by atoms with Crippen LogP contribution in [0.2, 0.25) is 5.02 Å². The van der Waals surface area contributed by atoms with Crippen LogP contribution in [-0.2, 0) is 4.79 Å². The number of anilines is 1. The Hall–Kier alpha value is -3.12. The lowest BCUT2D eigenvalue weighted by Gasteiger charge is -2.16. The van der Waals surface area contributed by atoms with Gasteiger partial charge >= 0.3 is 6.36 Å². The maximum atomic E-state index is 13.1. The molecule has 0 fully saturated rings. The maximum Gasteiger partial charge on any atom is 0.573 e. The number of rotatable bonds is 8. The summed E-state index contributed by atoms with van der Waals surface area (Å²) in [6, 6.07) is 8.36. The molecule has 2 heterocycles. The number of nitrogens with zero attached hydrogens (tertiary/aromatic N) is 4. The number of alkyl halides is 3. The third-order valence-electron chi connectivity index (χ3n) is 5.13. The highest BCUT2D eigenvalue weighted by Gasteiger charge is 2.33. The monoisotopic (exact) mass is 585 g/mol. The average molecular weight is 587 g/mol. The number of carbonyl (C=O) groups excluding carboxylic acids is 1. The zero-order valence-electron chi connectivity index (χ0n) is 19.9. The van der Waals surface area contributed by atoms with Gasteiger partial charge < -0.3 is 15.4 Å². The molecule has 0 saturated heterocycles. The van der Waals surface area contributed by atoms with Crippen LogP contribution in [-0.4, -0.2) is 44.4 Å². The highest BCUT2D eigenvalue weighted by Crippen LogP contribution is 2.36. The van der Waals surface area contributed by atoms with Crippen LogP contribution < -0.4 is 15.4 Å². The lowest BCUT2D eigenvalue weighted by molar-refractivity contribution is -0.274. The first-order valence-corrected chi connectivity index (χ1v) is 12.0. The largest absolute Gasteiger partial charge is 0.573 e. The molecule has 0 unspecified atom stereocenters. The third-order valence-corrected chi connectivity index (χ3v) is 6.00. The van der Waals surface area contributed by atoms with Gasteiger partial charge in [-0.05, 0) is 59.6 Å². The molecule has 36 heavy (non-hydrogen) atoms. The molecule has 4 aromatic rings. The molecule has 0 saturated carbocycles. The molecule has 4 rings (SSSR count). The molecule has 0 aliphatic carbocycles. The van der Waals surface area contributed by atoms with E-state index in [-0.39, 0.29) is 35.2 Å². The second kappa shape index (κ2) is 10.5. The number of ether oxygens (including phenoxy) is 1. The minimum absolute atomic E-state index is 0.0280. The number of para-hydroxylation sites is 1. The summed E-state index contributed by atoms with van der Waals surface area (Å²) in [5.74, 6) is -0.731. The smallest absolute Gasteiger partial charge is 0.405 e. The second-order valence-corrected chi connectivity index (χ2v) is 9.09. The Labute approximate surface area is 218 Å². The fourth-order valence-corrected chi connectivity index (χ4v) is 4.06. The van der Waals surface area contributed by atoms with Gasteiger partial charge in [-0.15, -0.1) is 18.3 Å². The van der Waals surface area contributed by atoms with Crippen molar-refractivity contribution in [2.45, 2.75) is 39.1 Å². The van der Waals surface area contributed by atoms with Crippen LogP contribution >= 0.6 is 27.5 Å². The number of benzene rings is 2. The molecule has 0 aliphatic rings. The molecule has 2 aromatic heterocycles. The van der Waals surface area contributed by atoms with E-state index in [0.717, 1.165) is 6.07 Å². The Kier molecular flexibility index (Phi) is 7.15. The van der Waals surface area contributed by atoms with Gasteiger partial charge in [-0.2, -0.15) is 4.52 Å². The Balaban J connectivity index is 1.79. The van der Waals surface area contributed by atoms with Gasteiger partial charge in [0.05, 0.1) is 11.1 Å². The molecule has 0 bridgehead atoms. The van der Waals surface area contributed by atoms with E-state index in [1.54, 1.807) is 25.1 Å². The Morgan fingerprint density at radius 2 is 2.11 bits per heavy atom. The number of hydrogen-bond donors (Lipinski definition) is 2. The minimum Gasteiger partial charge on any atom is -0.405 e. The minimum atomic E-state index is -4.95. The number of carbonyl (C=O) groups is 1. The molecule has 2 N–H and O–H groups in total. The number of nitrogens with one attached hydrogen (secondary N) is 2. The number of aromatic nitrogens is 4. The van der Waals surface area contributed by atoms with Gasteiger partial charge in [0.25, 0.3) is 0 Å². The summed E-state index contributed by atoms with van der Waals surface area (Å²) < 4.78 is 52.5. The van der Waals surface area contributed by atoms with E-state index in [1.165, 1.54) is 16.6 Å². The van der Waals surface area contributed by atoms with Crippen molar-refractivity contribution in [2.75, 3.05) is 11.9 Å². The van der Waals surface area contributed by atoms with Crippen molar-refractivity contribution < 1.29 is 24.1 Å². The summed E-state index contributed by atoms with van der Waals surface area (Å²) in [6.07, 6.45) is -3.59. The van der Waals surface area contributed by atoms with E-state index in [4.69, 9.17) is 13.0 Å². The van der Waals surface area contributed by atoms with E-state index in [9.17, 15) is 18.0 Å². The fourth-order valence-electron chi connectivity index (χ4n) is 3.44. The highest BCUT2D eigenvalue weighted by atomic mass is 79.9. The summed E-state index contributed by atoms with van der Waals surface area (Å²) in [4.78, 5) is 21.7. The van der Waals surface area contributed by atoms with Crippen molar-refractivity contribution in [1.82, 2.24) is 24.9 Å². The van der Waals surface area contributed by atoms with Crippen molar-refractivity contribution in [1.29, 1.82) is 0 Å². The van der Waals surface area contributed by atoms with Gasteiger partial charge in [0.2, 0.25) is 11.9 Å².